The highest BCUT2D eigenvalue weighted by Crippen LogP contribution is 2.35. The first-order chi connectivity index (χ1) is 16.4. The highest BCUT2D eigenvalue weighted by atomic mass is 16.5. The maximum Gasteiger partial charge on any atom is 0.119 e. The summed E-state index contributed by atoms with van der Waals surface area (Å²) in [6, 6.07) is 29.9. The minimum Gasteiger partial charge on any atom is -0.491 e. The van der Waals surface area contributed by atoms with Crippen molar-refractivity contribution < 1.29 is 9.84 Å². The Bertz CT molecular complexity index is 957. The smallest absolute Gasteiger partial charge is 0.119 e. The van der Waals surface area contributed by atoms with Crippen molar-refractivity contribution in [3.05, 3.63) is 96.1 Å². The van der Waals surface area contributed by atoms with Crippen LogP contribution in [0.2, 0.25) is 0 Å². The summed E-state index contributed by atoms with van der Waals surface area (Å²) in [6.45, 7) is 6.66. The first-order valence-corrected chi connectivity index (χ1v) is 12.5. The van der Waals surface area contributed by atoms with Gasteiger partial charge in [-0.3, -0.25) is 4.90 Å². The fourth-order valence-corrected chi connectivity index (χ4v) is 4.89. The number of anilines is 1. The molecule has 4 rings (SSSR count). The molecular weight excluding hydrogens is 420 g/mol. The maximum absolute atomic E-state index is 11.4. The first kappa shape index (κ1) is 24.3. The molecule has 4 nitrogen and oxygen atoms in total. The lowest BCUT2D eigenvalue weighted by molar-refractivity contribution is -0.0321. The molecule has 0 radical (unpaired) electrons. The Morgan fingerprint density at radius 3 is 1.88 bits per heavy atom. The number of likely N-dealkylation sites (tertiary alicyclic amines) is 1. The van der Waals surface area contributed by atoms with Gasteiger partial charge in [-0.25, -0.2) is 0 Å². The molecule has 0 aromatic heterocycles. The first-order valence-electron chi connectivity index (χ1n) is 12.5. The van der Waals surface area contributed by atoms with Crippen LogP contribution in [-0.2, 0) is 0 Å². The summed E-state index contributed by atoms with van der Waals surface area (Å²) in [4.78, 5) is 4.75. The molecule has 0 unspecified atom stereocenters. The molecule has 4 heteroatoms. The van der Waals surface area contributed by atoms with Gasteiger partial charge in [0.2, 0.25) is 0 Å². The van der Waals surface area contributed by atoms with E-state index in [1.54, 1.807) is 0 Å². The predicted molar refractivity (Wildman–Crippen MR) is 141 cm³/mol. The molecular formula is C30H38N2O2. The molecule has 0 aliphatic carbocycles. The Morgan fingerprint density at radius 1 is 0.853 bits per heavy atom. The molecule has 0 spiro atoms. The van der Waals surface area contributed by atoms with Gasteiger partial charge in [0.15, 0.2) is 0 Å². The lowest BCUT2D eigenvalue weighted by Crippen LogP contribution is -2.47. The van der Waals surface area contributed by atoms with Gasteiger partial charge in [-0.1, -0.05) is 60.7 Å². The Morgan fingerprint density at radius 2 is 1.38 bits per heavy atom. The van der Waals surface area contributed by atoms with E-state index in [9.17, 15) is 5.11 Å². The molecule has 1 saturated heterocycles. The highest BCUT2D eigenvalue weighted by Gasteiger charge is 2.35. The monoisotopic (exact) mass is 458 g/mol. The summed E-state index contributed by atoms with van der Waals surface area (Å²) in [6.07, 6.45) is 2.52. The van der Waals surface area contributed by atoms with Crippen LogP contribution in [0.1, 0.15) is 50.3 Å². The van der Waals surface area contributed by atoms with Crippen LogP contribution in [0.25, 0.3) is 0 Å². The quantitative estimate of drug-likeness (QED) is 0.432. The molecule has 0 amide bonds. The Kier molecular flexibility index (Phi) is 7.91. The zero-order valence-corrected chi connectivity index (χ0v) is 20.7. The molecule has 1 N–H and O–H groups in total. The third kappa shape index (κ3) is 6.19. The summed E-state index contributed by atoms with van der Waals surface area (Å²) in [5.74, 6) is 0.893. The summed E-state index contributed by atoms with van der Waals surface area (Å²) in [5, 5.41) is 11.4. The van der Waals surface area contributed by atoms with Crippen LogP contribution in [0.15, 0.2) is 84.9 Å². The minimum absolute atomic E-state index is 0.173. The molecule has 1 heterocycles. The van der Waals surface area contributed by atoms with Crippen molar-refractivity contribution in [1.82, 2.24) is 4.90 Å². The number of benzene rings is 3. The van der Waals surface area contributed by atoms with Gasteiger partial charge in [0.1, 0.15) is 5.75 Å². The van der Waals surface area contributed by atoms with E-state index in [0.29, 0.717) is 0 Å². The van der Waals surface area contributed by atoms with E-state index in [1.165, 1.54) is 11.1 Å². The van der Waals surface area contributed by atoms with Gasteiger partial charge in [-0.15, -0.1) is 0 Å². The van der Waals surface area contributed by atoms with Crippen molar-refractivity contribution in [3.63, 3.8) is 0 Å². The second-order valence-corrected chi connectivity index (χ2v) is 9.82. The van der Waals surface area contributed by atoms with Gasteiger partial charge in [0.25, 0.3) is 0 Å². The third-order valence-electron chi connectivity index (χ3n) is 6.89. The lowest BCUT2D eigenvalue weighted by Gasteiger charge is -2.42. The number of hydrogen-bond donors (Lipinski definition) is 1. The second-order valence-electron chi connectivity index (χ2n) is 9.82. The number of hydrogen-bond acceptors (Lipinski definition) is 4. The fraction of sp³-hybridized carbons (Fsp3) is 0.400. The van der Waals surface area contributed by atoms with E-state index in [4.69, 9.17) is 4.74 Å². The lowest BCUT2D eigenvalue weighted by atomic mass is 9.86. The van der Waals surface area contributed by atoms with Gasteiger partial charge >= 0.3 is 0 Å². The maximum atomic E-state index is 11.4. The van der Waals surface area contributed by atoms with Gasteiger partial charge in [0.05, 0.1) is 17.7 Å². The van der Waals surface area contributed by atoms with E-state index in [0.717, 1.165) is 50.3 Å². The number of piperidine rings is 1. The van der Waals surface area contributed by atoms with Crippen LogP contribution >= 0.6 is 0 Å². The van der Waals surface area contributed by atoms with Gasteiger partial charge < -0.3 is 14.7 Å². The highest BCUT2D eigenvalue weighted by molar-refractivity contribution is 5.48. The summed E-state index contributed by atoms with van der Waals surface area (Å²) in [7, 11) is 2.09. The molecule has 3 aromatic carbocycles. The van der Waals surface area contributed by atoms with Crippen molar-refractivity contribution >= 4 is 5.69 Å². The van der Waals surface area contributed by atoms with Crippen molar-refractivity contribution in [2.24, 2.45) is 0 Å². The van der Waals surface area contributed by atoms with Crippen molar-refractivity contribution in [2.45, 2.75) is 50.9 Å². The molecule has 1 aliphatic rings. The van der Waals surface area contributed by atoms with Crippen LogP contribution < -0.4 is 9.64 Å². The standard InChI is InChI=1S/C30H38N2O2/c1-24(2)34-28-16-14-27(15-17-28)31(3)21-18-30(33)19-22-32(23-20-30)29(25-10-6-4-7-11-25)26-12-8-5-9-13-26/h4-17,24,29,33H,18-23H2,1-3H3. The van der Waals surface area contributed by atoms with Crippen LogP contribution in [0.3, 0.4) is 0 Å². The second kappa shape index (κ2) is 11.1. The molecule has 34 heavy (non-hydrogen) atoms. The topological polar surface area (TPSA) is 35.9 Å². The number of ether oxygens (including phenoxy) is 1. The Balaban J connectivity index is 1.36. The van der Waals surface area contributed by atoms with Gasteiger partial charge in [-0.2, -0.15) is 0 Å². The number of rotatable bonds is 9. The van der Waals surface area contributed by atoms with E-state index >= 15 is 0 Å². The third-order valence-corrected chi connectivity index (χ3v) is 6.89. The number of nitrogens with zero attached hydrogens (tertiary/aromatic N) is 2. The zero-order chi connectivity index (χ0) is 24.0. The largest absolute Gasteiger partial charge is 0.491 e. The van der Waals surface area contributed by atoms with Crippen molar-refractivity contribution in [1.29, 1.82) is 0 Å². The summed E-state index contributed by atoms with van der Waals surface area (Å²) in [5.41, 5.74) is 3.14. The average molecular weight is 459 g/mol. The van der Waals surface area contributed by atoms with Crippen LogP contribution in [0, 0.1) is 0 Å². The van der Waals surface area contributed by atoms with Gasteiger partial charge in [-0.05, 0) is 68.5 Å². The average Bonchev–Trinajstić information content (AvgIpc) is 2.86. The zero-order valence-electron chi connectivity index (χ0n) is 20.7. The predicted octanol–water partition coefficient (Wildman–Crippen LogP) is 5.92. The summed E-state index contributed by atoms with van der Waals surface area (Å²) < 4.78 is 5.75. The molecule has 180 valence electrons. The van der Waals surface area contributed by atoms with Crippen LogP contribution in [-0.4, -0.2) is 48.4 Å². The SMILES string of the molecule is CC(C)Oc1ccc(N(C)CCC2(O)CCN(C(c3ccccc3)c3ccccc3)CC2)cc1. The number of aliphatic hydroxyl groups is 1. The molecule has 0 saturated carbocycles. The van der Waals surface area contributed by atoms with Crippen LogP contribution in [0.5, 0.6) is 5.75 Å². The normalized spacial score (nSPS) is 16.1. The van der Waals surface area contributed by atoms with Crippen LogP contribution in [0.4, 0.5) is 5.69 Å². The fourth-order valence-electron chi connectivity index (χ4n) is 4.89. The minimum atomic E-state index is -0.622. The molecule has 1 aliphatic heterocycles. The van der Waals surface area contributed by atoms with Crippen molar-refractivity contribution in [2.75, 3.05) is 31.6 Å². The Hall–Kier alpha value is -2.82. The molecule has 1 fully saturated rings. The molecule has 0 atom stereocenters. The Labute approximate surface area is 204 Å². The summed E-state index contributed by atoms with van der Waals surface area (Å²) >= 11 is 0. The van der Waals surface area contributed by atoms with E-state index in [-0.39, 0.29) is 12.1 Å². The van der Waals surface area contributed by atoms with E-state index in [1.807, 2.05) is 26.0 Å². The van der Waals surface area contributed by atoms with Crippen molar-refractivity contribution in [3.8, 4) is 5.75 Å². The molecule has 3 aromatic rings. The molecule has 0 bridgehead atoms. The van der Waals surface area contributed by atoms with E-state index < -0.39 is 5.60 Å². The van der Waals surface area contributed by atoms with Gasteiger partial charge in [0, 0.05) is 32.4 Å². The van der Waals surface area contributed by atoms with E-state index in [2.05, 4.69) is 89.6 Å².